The molecule has 6 nitrogen and oxygen atoms in total. The molecular weight excluding hydrogens is 487 g/mol. The maximum Gasteiger partial charge on any atom is 0.586 e. The van der Waals surface area contributed by atoms with E-state index in [1.807, 2.05) is 0 Å². The molecule has 0 amide bonds. The van der Waals surface area contributed by atoms with Crippen LogP contribution in [0.4, 0.5) is 13.2 Å². The van der Waals surface area contributed by atoms with Gasteiger partial charge in [-0.15, -0.1) is 8.78 Å². The molecule has 2 aliphatic rings. The molecule has 2 heterocycles. The van der Waals surface area contributed by atoms with Gasteiger partial charge in [0.1, 0.15) is 11.6 Å². The first-order valence-corrected chi connectivity index (χ1v) is 11.4. The van der Waals surface area contributed by atoms with E-state index >= 15 is 4.39 Å². The summed E-state index contributed by atoms with van der Waals surface area (Å²) in [5.74, 6) is -3.99. The van der Waals surface area contributed by atoms with Crippen LogP contribution in [0.2, 0.25) is 0 Å². The van der Waals surface area contributed by atoms with E-state index in [-0.39, 0.29) is 6.42 Å². The summed E-state index contributed by atoms with van der Waals surface area (Å²) in [6, 6.07) is 0.00462. The van der Waals surface area contributed by atoms with Crippen molar-refractivity contribution in [2.24, 2.45) is 0 Å². The van der Waals surface area contributed by atoms with Crippen molar-refractivity contribution >= 4 is 16.7 Å². The molecule has 2 N–H and O–H groups in total. The number of rotatable bonds is 9. The number of hydrogen-bond acceptors (Lipinski definition) is 5. The average Bonchev–Trinajstić information content (AvgIpc) is 3.21. The maximum atomic E-state index is 16.2. The zero-order valence-corrected chi connectivity index (χ0v) is 19.8. The summed E-state index contributed by atoms with van der Waals surface area (Å²) in [4.78, 5) is 14.0. The van der Waals surface area contributed by atoms with Gasteiger partial charge < -0.3 is 24.3 Å². The highest BCUT2D eigenvalue weighted by molar-refractivity contribution is 5.95. The minimum Gasteiger partial charge on any atom is -0.395 e. The molecule has 1 unspecified atom stereocenters. The lowest BCUT2D eigenvalue weighted by atomic mass is 9.86. The van der Waals surface area contributed by atoms with E-state index in [0.29, 0.717) is 0 Å². The molecule has 2 atom stereocenters. The van der Waals surface area contributed by atoms with Crippen molar-refractivity contribution in [3.63, 3.8) is 0 Å². The second-order valence-electron chi connectivity index (χ2n) is 9.16. The summed E-state index contributed by atoms with van der Waals surface area (Å²) in [5.41, 5.74) is -6.98. The number of halogens is 3. The first-order chi connectivity index (χ1) is 21.8. The number of benzene rings is 2. The van der Waals surface area contributed by atoms with E-state index in [9.17, 15) is 23.8 Å². The number of fused-ring (bicyclic) bond motifs is 2. The Balaban J connectivity index is 1.73. The fourth-order valence-electron chi connectivity index (χ4n) is 4.20. The van der Waals surface area contributed by atoms with Crippen LogP contribution in [0.25, 0.3) is 10.9 Å². The van der Waals surface area contributed by atoms with Crippen LogP contribution in [0.3, 0.4) is 0 Å². The fourth-order valence-corrected chi connectivity index (χ4v) is 4.20. The van der Waals surface area contributed by atoms with E-state index in [1.165, 1.54) is 13.8 Å². The van der Waals surface area contributed by atoms with Crippen molar-refractivity contribution in [2.75, 3.05) is 6.61 Å². The molecule has 1 aliphatic carbocycles. The number of hydrogen-bond donors (Lipinski definition) is 2. The van der Waals surface area contributed by atoms with Gasteiger partial charge >= 0.3 is 6.29 Å². The monoisotopic (exact) mass is 528 g/mol. The second-order valence-corrected chi connectivity index (χ2v) is 9.16. The Morgan fingerprint density at radius 3 is 2.70 bits per heavy atom. The Morgan fingerprint density at radius 1 is 1.32 bits per heavy atom. The summed E-state index contributed by atoms with van der Waals surface area (Å²) in [5, 5.41) is 19.5. The van der Waals surface area contributed by atoms with E-state index in [1.54, 1.807) is 0 Å². The van der Waals surface area contributed by atoms with Crippen molar-refractivity contribution in [2.45, 2.75) is 76.0 Å². The van der Waals surface area contributed by atoms with Crippen molar-refractivity contribution in [3.05, 3.63) is 59.0 Å². The topological polar surface area (TPSA) is 80.9 Å². The lowest BCUT2D eigenvalue weighted by molar-refractivity contribution is -0.286. The molecule has 3 aromatic rings. The predicted octanol–water partition coefficient (Wildman–Crippen LogP) is 4.99. The summed E-state index contributed by atoms with van der Waals surface area (Å²) in [7, 11) is 0. The van der Waals surface area contributed by atoms with Gasteiger partial charge in [-0.3, -0.25) is 4.79 Å². The van der Waals surface area contributed by atoms with Gasteiger partial charge in [0.2, 0.25) is 0 Å². The third-order valence-electron chi connectivity index (χ3n) is 6.51. The minimum absolute atomic E-state index is 0.177. The summed E-state index contributed by atoms with van der Waals surface area (Å²) < 4.78 is 146. The van der Waals surface area contributed by atoms with E-state index in [4.69, 9.17) is 15.1 Å². The molecule has 2 aromatic carbocycles. The van der Waals surface area contributed by atoms with Gasteiger partial charge in [0.15, 0.2) is 11.5 Å². The highest BCUT2D eigenvalue weighted by Gasteiger charge is 2.52. The second kappa shape index (κ2) is 8.77. The van der Waals surface area contributed by atoms with Gasteiger partial charge in [-0.2, -0.15) is 0 Å². The van der Waals surface area contributed by atoms with Crippen LogP contribution in [0.5, 0.6) is 11.5 Å². The SMILES string of the molecule is [2H]c1c(CC(=O)C2(c3ccc4c(c3)OC(F)(F)O4)C([2H])([2H])C2([2H])[2H])c(F)c([2H])c2c1c([2H])c(C(C)(CC)C([2H])([2H])[2H])n2C[C@]([2H])(O)CO. The quantitative estimate of drug-likeness (QED) is 0.409. The highest BCUT2D eigenvalue weighted by Crippen LogP contribution is 2.52. The lowest BCUT2D eigenvalue weighted by Crippen LogP contribution is -2.26. The zero-order chi connectivity index (χ0) is 36.4. The standard InChI is InChI=1S/C28H30F3NO5/c1-4-26(2,3)24-10-17-9-16(20(29)13-21(17)32(24)14-19(34)15-33)11-25(35)27(7-8-27)18-5-6-22-23(12-18)37-28(30,31)36-22/h5-6,9-10,12-13,19,33-34H,4,7-8,11,14-15H2,1-3H3/t19-/m0/s1/i2D3,7D2,8D2,9D,10D,13D,19D/t19-,26?. The number of aromatic nitrogens is 1. The summed E-state index contributed by atoms with van der Waals surface area (Å²) in [6.07, 6.45) is -14.2. The van der Waals surface area contributed by atoms with Crippen LogP contribution in [0, 0.1) is 5.82 Å². The van der Waals surface area contributed by atoms with Gasteiger partial charge in [-0.25, -0.2) is 4.39 Å². The predicted molar refractivity (Wildman–Crippen MR) is 131 cm³/mol. The third-order valence-corrected chi connectivity index (χ3v) is 6.51. The van der Waals surface area contributed by atoms with Crippen molar-refractivity contribution in [1.82, 2.24) is 4.57 Å². The number of nitrogens with zero attached hydrogens (tertiary/aromatic N) is 1. The van der Waals surface area contributed by atoms with Gasteiger partial charge in [-0.05, 0) is 60.6 Å². The molecule has 0 bridgehead atoms. The van der Waals surface area contributed by atoms with Gasteiger partial charge in [0, 0.05) is 32.5 Å². The first kappa shape index (κ1) is 15.4. The third kappa shape index (κ3) is 4.48. The first-order valence-electron chi connectivity index (χ1n) is 16.9. The van der Waals surface area contributed by atoms with Crippen molar-refractivity contribution < 1.29 is 52.7 Å². The van der Waals surface area contributed by atoms with Crippen LogP contribution in [0.15, 0.2) is 36.3 Å². The average molecular weight is 529 g/mol. The molecule has 1 fully saturated rings. The molecule has 0 saturated heterocycles. The number of ketones is 1. The molecule has 9 heteroatoms. The zero-order valence-electron chi connectivity index (χ0n) is 30.8. The molecule has 198 valence electrons. The number of carbonyl (C=O) groups is 1. The van der Waals surface area contributed by atoms with Gasteiger partial charge in [0.05, 0.1) is 35.6 Å². The summed E-state index contributed by atoms with van der Waals surface area (Å²) in [6.45, 7) is -2.28. The number of Topliss-reactive ketones (excluding diaryl/α,β-unsaturated/α-hetero) is 1. The van der Waals surface area contributed by atoms with E-state index in [0.717, 1.165) is 22.8 Å². The normalized spacial score (nSPS) is 27.8. The fraction of sp³-hybridized carbons (Fsp3) is 0.464. The molecule has 0 spiro atoms. The van der Waals surface area contributed by atoms with Crippen LogP contribution < -0.4 is 9.47 Å². The van der Waals surface area contributed by atoms with E-state index in [2.05, 4.69) is 9.47 Å². The molecule has 37 heavy (non-hydrogen) atoms. The molecule has 1 saturated carbocycles. The number of ether oxygens (including phenoxy) is 2. The van der Waals surface area contributed by atoms with Crippen LogP contribution >= 0.6 is 0 Å². The summed E-state index contributed by atoms with van der Waals surface area (Å²) >= 11 is 0. The van der Waals surface area contributed by atoms with Crippen molar-refractivity contribution in [3.8, 4) is 11.5 Å². The number of carbonyl (C=O) groups excluding carboxylic acids is 1. The Morgan fingerprint density at radius 2 is 2.05 bits per heavy atom. The smallest absolute Gasteiger partial charge is 0.395 e. The number of aliphatic hydroxyl groups excluding tert-OH is 1. The highest BCUT2D eigenvalue weighted by atomic mass is 19.3. The van der Waals surface area contributed by atoms with E-state index < -0.39 is 131 Å². The van der Waals surface area contributed by atoms with Crippen molar-refractivity contribution in [1.29, 1.82) is 0 Å². The van der Waals surface area contributed by atoms with Gasteiger partial charge in [-0.1, -0.05) is 26.8 Å². The van der Waals surface area contributed by atoms with Gasteiger partial charge in [0.25, 0.3) is 0 Å². The Bertz CT molecular complexity index is 1850. The molecular formula is C28H30F3NO5. The van der Waals surface area contributed by atoms with Crippen LogP contribution in [-0.2, 0) is 28.6 Å². The molecule has 1 aromatic heterocycles. The maximum absolute atomic E-state index is 16.2. The lowest BCUT2D eigenvalue weighted by Gasteiger charge is -2.26. The Hall–Kier alpha value is -3.04. The largest absolute Gasteiger partial charge is 0.586 e. The molecule has 1 aliphatic heterocycles. The molecule has 5 rings (SSSR count). The van der Waals surface area contributed by atoms with Crippen LogP contribution in [-0.4, -0.2) is 39.5 Å². The van der Waals surface area contributed by atoms with Crippen LogP contribution in [0.1, 0.15) is 71.8 Å². The minimum atomic E-state index is -4.09. The molecule has 0 radical (unpaired) electrons. The number of alkyl halides is 2. The number of aliphatic hydroxyl groups is 2. The Kier molecular flexibility index (Phi) is 3.65. The Labute approximate surface area is 228 Å².